The van der Waals surface area contributed by atoms with Crippen LogP contribution in [-0.2, 0) is 4.79 Å². The topological polar surface area (TPSA) is 17.1 Å². The fraction of sp³-hybridized carbons (Fsp3) is 0.929. The van der Waals surface area contributed by atoms with Crippen molar-refractivity contribution in [2.75, 3.05) is 0 Å². The van der Waals surface area contributed by atoms with E-state index in [1.165, 1.54) is 19.3 Å². The van der Waals surface area contributed by atoms with Crippen LogP contribution in [0.3, 0.4) is 0 Å². The average Bonchev–Trinajstić information content (AvgIpc) is 2.71. The second-order valence-corrected chi connectivity index (χ2v) is 7.29. The fourth-order valence-corrected chi connectivity index (χ4v) is 6.13. The third-order valence-corrected chi connectivity index (χ3v) is 6.43. The van der Waals surface area contributed by atoms with E-state index in [9.17, 15) is 4.79 Å². The molecule has 0 radical (unpaired) electrons. The normalized spacial score (nSPS) is 63.1. The molecule has 0 amide bonds. The molecule has 1 nitrogen and oxygen atoms in total. The van der Waals surface area contributed by atoms with Crippen LogP contribution in [-0.4, -0.2) is 5.78 Å². The molecule has 15 heavy (non-hydrogen) atoms. The van der Waals surface area contributed by atoms with Crippen LogP contribution in [0, 0.1) is 40.4 Å². The molecule has 1 heteroatoms. The summed E-state index contributed by atoms with van der Waals surface area (Å²) in [6.07, 6.45) is 3.85. The van der Waals surface area contributed by atoms with Crippen LogP contribution in [0.25, 0.3) is 0 Å². The van der Waals surface area contributed by atoms with Gasteiger partial charge in [0, 0.05) is 11.8 Å². The first-order valence-corrected chi connectivity index (χ1v) is 6.54. The van der Waals surface area contributed by atoms with E-state index in [-0.39, 0.29) is 0 Å². The third kappa shape index (κ3) is 0.671. The Bertz CT molecular complexity index is 370. The minimum absolute atomic E-state index is 0.457. The minimum Gasteiger partial charge on any atom is -0.299 e. The van der Waals surface area contributed by atoms with Gasteiger partial charge >= 0.3 is 0 Å². The van der Waals surface area contributed by atoms with E-state index in [1.807, 2.05) is 0 Å². The quantitative estimate of drug-likeness (QED) is 0.593. The van der Waals surface area contributed by atoms with Crippen LogP contribution in [0.5, 0.6) is 0 Å². The summed E-state index contributed by atoms with van der Waals surface area (Å²) in [5.74, 6) is 4.03. The van der Waals surface area contributed by atoms with Crippen LogP contribution < -0.4 is 0 Å². The number of fused-ring (bicyclic) bond motifs is 1. The Morgan fingerprint density at radius 2 is 1.93 bits per heavy atom. The number of rotatable bonds is 0. The van der Waals surface area contributed by atoms with Crippen molar-refractivity contribution in [3.8, 4) is 0 Å². The fourth-order valence-electron chi connectivity index (χ4n) is 6.13. The van der Waals surface area contributed by atoms with Crippen molar-refractivity contribution in [2.45, 2.75) is 40.0 Å². The molecule has 82 valence electrons. The Morgan fingerprint density at radius 3 is 2.67 bits per heavy atom. The average molecular weight is 204 g/mol. The van der Waals surface area contributed by atoms with Gasteiger partial charge in [0.2, 0.25) is 0 Å². The van der Waals surface area contributed by atoms with Gasteiger partial charge in [-0.15, -0.1) is 0 Å². The molecule has 4 rings (SSSR count). The molecule has 0 aliphatic heterocycles. The highest BCUT2D eigenvalue weighted by Crippen LogP contribution is 2.84. The van der Waals surface area contributed by atoms with Crippen LogP contribution in [0.15, 0.2) is 0 Å². The number of carbonyl (C=O) groups is 1. The summed E-state index contributed by atoms with van der Waals surface area (Å²) in [4.78, 5) is 12.3. The van der Waals surface area contributed by atoms with Crippen LogP contribution in [0.1, 0.15) is 40.0 Å². The number of carbonyl (C=O) groups excluding carboxylic acids is 1. The van der Waals surface area contributed by atoms with Gasteiger partial charge in [0.05, 0.1) is 0 Å². The molecule has 0 aromatic carbocycles. The second-order valence-electron chi connectivity index (χ2n) is 7.29. The zero-order valence-corrected chi connectivity index (χ0v) is 9.92. The Hall–Kier alpha value is -0.330. The second kappa shape index (κ2) is 2.06. The van der Waals surface area contributed by atoms with Crippen molar-refractivity contribution >= 4 is 5.78 Å². The zero-order valence-electron chi connectivity index (χ0n) is 9.92. The van der Waals surface area contributed by atoms with Crippen molar-refractivity contribution in [2.24, 2.45) is 40.4 Å². The molecule has 0 aromatic rings. The Balaban J connectivity index is 1.90. The van der Waals surface area contributed by atoms with E-state index >= 15 is 0 Å². The molecular formula is C14H20O. The number of hydrogen-bond acceptors (Lipinski definition) is 1. The predicted molar refractivity (Wildman–Crippen MR) is 58.2 cm³/mol. The summed E-state index contributed by atoms with van der Waals surface area (Å²) in [7, 11) is 0. The predicted octanol–water partition coefficient (Wildman–Crippen LogP) is 2.89. The van der Waals surface area contributed by atoms with Gasteiger partial charge in [0.25, 0.3) is 0 Å². The molecule has 1 spiro atoms. The molecule has 0 saturated heterocycles. The summed E-state index contributed by atoms with van der Waals surface area (Å²) in [5, 5.41) is 0. The molecule has 0 aromatic heterocycles. The maximum Gasteiger partial charge on any atom is 0.140 e. The van der Waals surface area contributed by atoms with Gasteiger partial charge in [-0.05, 0) is 47.8 Å². The molecule has 0 N–H and O–H groups in total. The monoisotopic (exact) mass is 204 g/mol. The van der Waals surface area contributed by atoms with E-state index in [2.05, 4.69) is 20.8 Å². The molecule has 6 atom stereocenters. The molecular weight excluding hydrogens is 184 g/mol. The minimum atomic E-state index is 0.457. The lowest BCUT2D eigenvalue weighted by Crippen LogP contribution is -2.31. The Kier molecular flexibility index (Phi) is 1.20. The van der Waals surface area contributed by atoms with Crippen molar-refractivity contribution in [1.82, 2.24) is 0 Å². The SMILES string of the molecule is C[C@H]1CC[C@@H]2C(=O)[C@H]3[C@@H]4[C@H]3[C@@]21CC4(C)C. The standard InChI is InChI=1S/C14H20O/c1-7-4-5-8-12(15)9-10-11(9)14(7,8)6-13(10,2)3/h7-11H,4-6H2,1-3H3/t7-,8+,9-,10+,11-,14+/m0/s1. The Labute approximate surface area is 91.6 Å². The Morgan fingerprint density at radius 1 is 1.20 bits per heavy atom. The highest BCUT2D eigenvalue weighted by Gasteiger charge is 2.83. The molecule has 0 bridgehead atoms. The maximum absolute atomic E-state index is 12.3. The van der Waals surface area contributed by atoms with Gasteiger partial charge in [-0.2, -0.15) is 0 Å². The van der Waals surface area contributed by atoms with Crippen LogP contribution in [0.4, 0.5) is 0 Å². The zero-order chi connectivity index (χ0) is 10.6. The van der Waals surface area contributed by atoms with E-state index < -0.39 is 0 Å². The van der Waals surface area contributed by atoms with E-state index in [1.54, 1.807) is 0 Å². The summed E-state index contributed by atoms with van der Waals surface area (Å²) in [6.45, 7) is 7.21. The smallest absolute Gasteiger partial charge is 0.140 e. The molecule has 4 aliphatic carbocycles. The summed E-state index contributed by atoms with van der Waals surface area (Å²) in [5.41, 5.74) is 0.925. The van der Waals surface area contributed by atoms with Crippen molar-refractivity contribution in [1.29, 1.82) is 0 Å². The number of Topliss-reactive ketones (excluding diaryl/α,β-unsaturated/α-hetero) is 1. The molecule has 4 saturated carbocycles. The van der Waals surface area contributed by atoms with Gasteiger partial charge in [-0.3, -0.25) is 4.79 Å². The van der Waals surface area contributed by atoms with E-state index in [0.717, 1.165) is 17.8 Å². The number of ketones is 1. The highest BCUT2D eigenvalue weighted by molar-refractivity contribution is 5.92. The lowest BCUT2D eigenvalue weighted by Gasteiger charge is -2.34. The largest absolute Gasteiger partial charge is 0.299 e. The molecule has 4 aliphatic rings. The summed E-state index contributed by atoms with van der Waals surface area (Å²) < 4.78 is 0. The number of hydrogen-bond donors (Lipinski definition) is 0. The summed E-state index contributed by atoms with van der Waals surface area (Å²) in [6, 6.07) is 0. The van der Waals surface area contributed by atoms with Gasteiger partial charge < -0.3 is 0 Å². The van der Waals surface area contributed by atoms with Gasteiger partial charge in [0.15, 0.2) is 0 Å². The summed E-state index contributed by atoms with van der Waals surface area (Å²) >= 11 is 0. The van der Waals surface area contributed by atoms with Crippen molar-refractivity contribution in [3.63, 3.8) is 0 Å². The molecule has 0 unspecified atom stereocenters. The van der Waals surface area contributed by atoms with Gasteiger partial charge in [-0.25, -0.2) is 0 Å². The first-order valence-electron chi connectivity index (χ1n) is 6.54. The maximum atomic E-state index is 12.3. The van der Waals surface area contributed by atoms with Gasteiger partial charge in [-0.1, -0.05) is 20.8 Å². The van der Waals surface area contributed by atoms with E-state index in [0.29, 0.717) is 28.4 Å². The van der Waals surface area contributed by atoms with Gasteiger partial charge in [0.1, 0.15) is 5.78 Å². The van der Waals surface area contributed by atoms with E-state index in [4.69, 9.17) is 0 Å². The lowest BCUT2D eigenvalue weighted by atomic mass is 9.69. The first kappa shape index (κ1) is 8.78. The lowest BCUT2D eigenvalue weighted by molar-refractivity contribution is -0.124. The van der Waals surface area contributed by atoms with Crippen LogP contribution >= 0.6 is 0 Å². The molecule has 0 heterocycles. The molecule has 4 fully saturated rings. The van der Waals surface area contributed by atoms with Crippen molar-refractivity contribution < 1.29 is 4.79 Å². The highest BCUT2D eigenvalue weighted by atomic mass is 16.1. The first-order chi connectivity index (χ1) is 7.00. The van der Waals surface area contributed by atoms with Crippen LogP contribution in [0.2, 0.25) is 0 Å². The third-order valence-electron chi connectivity index (χ3n) is 6.43. The van der Waals surface area contributed by atoms with Crippen molar-refractivity contribution in [3.05, 3.63) is 0 Å².